The van der Waals surface area contributed by atoms with Gasteiger partial charge in [-0.25, -0.2) is 4.79 Å². The molecule has 0 aromatic heterocycles. The summed E-state index contributed by atoms with van der Waals surface area (Å²) in [6.07, 6.45) is -5.41. The second kappa shape index (κ2) is 4.52. The molecule has 1 unspecified atom stereocenters. The van der Waals surface area contributed by atoms with Gasteiger partial charge < -0.3 is 4.74 Å². The van der Waals surface area contributed by atoms with Crippen molar-refractivity contribution in [1.29, 1.82) is 10.5 Å². The van der Waals surface area contributed by atoms with Gasteiger partial charge in [-0.05, 0) is 6.42 Å². The van der Waals surface area contributed by atoms with Crippen LogP contribution >= 0.6 is 0 Å². The molecule has 1 rings (SSSR count). The van der Waals surface area contributed by atoms with Gasteiger partial charge in [-0.3, -0.25) is 0 Å². The Balaban J connectivity index is 3.28. The Morgan fingerprint density at radius 3 is 2.00 bits per heavy atom. The van der Waals surface area contributed by atoms with Crippen LogP contribution in [0.25, 0.3) is 0 Å². The Morgan fingerprint density at radius 1 is 1.30 bits per heavy atom. The van der Waals surface area contributed by atoms with E-state index < -0.39 is 41.4 Å². The van der Waals surface area contributed by atoms with Crippen LogP contribution in [0.2, 0.25) is 0 Å². The van der Waals surface area contributed by atoms with Gasteiger partial charge in [0.2, 0.25) is 5.60 Å². The van der Waals surface area contributed by atoms with Crippen LogP contribution in [-0.4, -0.2) is 17.7 Å². The number of ether oxygens (including phenoxy) is 1. The number of nitriles is 2. The lowest BCUT2D eigenvalue weighted by atomic mass is 9.62. The summed E-state index contributed by atoms with van der Waals surface area (Å²) in [6.45, 7) is 6.47. The highest BCUT2D eigenvalue weighted by Gasteiger charge is 2.78. The summed E-state index contributed by atoms with van der Waals surface area (Å²) in [6, 6.07) is 3.11. The molecular weight excluding hydrogens is 273 g/mol. The minimum Gasteiger partial charge on any atom is -0.440 e. The minimum absolute atomic E-state index is 0.827. The number of halogens is 3. The number of hydrogen-bond donors (Lipinski definition) is 0. The summed E-state index contributed by atoms with van der Waals surface area (Å²) in [5.41, 5.74) is -5.23. The van der Waals surface area contributed by atoms with Crippen molar-refractivity contribution < 1.29 is 22.7 Å². The van der Waals surface area contributed by atoms with E-state index in [1.165, 1.54) is 19.9 Å². The largest absolute Gasteiger partial charge is 0.440 e. The van der Waals surface area contributed by atoms with Crippen molar-refractivity contribution in [2.75, 3.05) is 0 Å². The van der Waals surface area contributed by atoms with E-state index in [9.17, 15) is 28.5 Å². The summed E-state index contributed by atoms with van der Waals surface area (Å²) in [5, 5.41) is 18.4. The van der Waals surface area contributed by atoms with Gasteiger partial charge in [-0.15, -0.1) is 6.58 Å². The first-order chi connectivity index (χ1) is 9.02. The van der Waals surface area contributed by atoms with E-state index in [4.69, 9.17) is 4.74 Å². The molecule has 7 heteroatoms. The first-order valence-electron chi connectivity index (χ1n) is 5.78. The van der Waals surface area contributed by atoms with E-state index in [0.717, 1.165) is 0 Å². The molecule has 1 aliphatic rings. The van der Waals surface area contributed by atoms with E-state index in [0.29, 0.717) is 0 Å². The lowest BCUT2D eigenvalue weighted by Gasteiger charge is -2.33. The van der Waals surface area contributed by atoms with Gasteiger partial charge in [-0.1, -0.05) is 19.9 Å². The Morgan fingerprint density at radius 2 is 1.75 bits per heavy atom. The van der Waals surface area contributed by atoms with E-state index in [1.807, 2.05) is 0 Å². The molecule has 108 valence electrons. The summed E-state index contributed by atoms with van der Waals surface area (Å²) in [5.74, 6) is -0.854. The molecule has 0 aromatic rings. The van der Waals surface area contributed by atoms with Gasteiger partial charge in [0.1, 0.15) is 0 Å². The molecule has 0 radical (unpaired) electrons. The standard InChI is InChI=1S/C13H13F3N2O2/c1-4-10(2,3)13(9(19)20-13)11(7-17,8-18)5-6-12(14,15)16/h4H,1,5-6H2,2-3H3. The Bertz CT molecular complexity index is 511. The van der Waals surface area contributed by atoms with Crippen LogP contribution in [0, 0.1) is 33.5 Å². The molecule has 1 fully saturated rings. The predicted molar refractivity (Wildman–Crippen MR) is 61.7 cm³/mol. The van der Waals surface area contributed by atoms with Crippen LogP contribution in [0.4, 0.5) is 13.2 Å². The highest BCUT2D eigenvalue weighted by molar-refractivity contribution is 5.97. The molecule has 0 saturated carbocycles. The molecule has 0 N–H and O–H groups in total. The Kier molecular flexibility index (Phi) is 3.62. The monoisotopic (exact) mass is 286 g/mol. The molecule has 0 bridgehead atoms. The second-order valence-corrected chi connectivity index (χ2v) is 5.24. The SMILES string of the molecule is C=CC(C)(C)C1(C(C#N)(C#N)CCC(F)(F)F)OC1=O. The van der Waals surface area contributed by atoms with Crippen molar-refractivity contribution in [2.24, 2.45) is 10.8 Å². The van der Waals surface area contributed by atoms with Crippen molar-refractivity contribution in [2.45, 2.75) is 38.5 Å². The zero-order valence-corrected chi connectivity index (χ0v) is 11.0. The van der Waals surface area contributed by atoms with Crippen LogP contribution in [0.5, 0.6) is 0 Å². The fourth-order valence-corrected chi connectivity index (χ4v) is 2.26. The smallest absolute Gasteiger partial charge is 0.389 e. The van der Waals surface area contributed by atoms with Crippen LogP contribution in [-0.2, 0) is 9.53 Å². The van der Waals surface area contributed by atoms with Gasteiger partial charge in [-0.2, -0.15) is 23.7 Å². The lowest BCUT2D eigenvalue weighted by Crippen LogP contribution is -2.48. The van der Waals surface area contributed by atoms with Gasteiger partial charge in [0.05, 0.1) is 12.1 Å². The molecule has 1 atom stereocenters. The maximum Gasteiger partial charge on any atom is 0.389 e. The average molecular weight is 286 g/mol. The number of cyclic esters (lactones) is 1. The Labute approximate surface area is 114 Å². The molecule has 0 amide bonds. The lowest BCUT2D eigenvalue weighted by molar-refractivity contribution is -0.140. The molecular formula is C13H13F3N2O2. The average Bonchev–Trinajstić information content (AvgIpc) is 3.04. The number of epoxide rings is 1. The van der Waals surface area contributed by atoms with E-state index in [1.54, 1.807) is 12.1 Å². The summed E-state index contributed by atoms with van der Waals surface area (Å²) < 4.78 is 42.0. The highest BCUT2D eigenvalue weighted by atomic mass is 19.4. The van der Waals surface area contributed by atoms with Crippen LogP contribution in [0.15, 0.2) is 12.7 Å². The highest BCUT2D eigenvalue weighted by Crippen LogP contribution is 2.59. The predicted octanol–water partition coefficient (Wildman–Crippen LogP) is 2.87. The summed E-state index contributed by atoms with van der Waals surface area (Å²) >= 11 is 0. The van der Waals surface area contributed by atoms with Crippen molar-refractivity contribution >= 4 is 5.97 Å². The third-order valence-corrected chi connectivity index (χ3v) is 3.68. The fraction of sp³-hybridized carbons (Fsp3) is 0.615. The van der Waals surface area contributed by atoms with Gasteiger partial charge >= 0.3 is 12.1 Å². The molecule has 0 aliphatic carbocycles. The quantitative estimate of drug-likeness (QED) is 0.575. The van der Waals surface area contributed by atoms with E-state index in [-0.39, 0.29) is 0 Å². The molecule has 1 saturated heterocycles. The molecule has 20 heavy (non-hydrogen) atoms. The van der Waals surface area contributed by atoms with Crippen LogP contribution in [0.1, 0.15) is 26.7 Å². The Hall–Kier alpha value is -2.02. The maximum absolute atomic E-state index is 12.4. The zero-order chi connectivity index (χ0) is 15.8. The van der Waals surface area contributed by atoms with Crippen molar-refractivity contribution in [3.8, 4) is 12.1 Å². The first kappa shape index (κ1) is 16.0. The summed E-state index contributed by atoms with van der Waals surface area (Å²) in [7, 11) is 0. The van der Waals surface area contributed by atoms with Gasteiger partial charge in [0.15, 0.2) is 5.41 Å². The van der Waals surface area contributed by atoms with Crippen molar-refractivity contribution in [3.63, 3.8) is 0 Å². The first-order valence-corrected chi connectivity index (χ1v) is 5.78. The third-order valence-electron chi connectivity index (χ3n) is 3.68. The second-order valence-electron chi connectivity index (χ2n) is 5.24. The number of hydrogen-bond acceptors (Lipinski definition) is 4. The fourth-order valence-electron chi connectivity index (χ4n) is 2.26. The number of carbonyl (C=O) groups excluding carboxylic acids is 1. The number of nitrogens with zero attached hydrogens (tertiary/aromatic N) is 2. The van der Waals surface area contributed by atoms with Gasteiger partial charge in [0.25, 0.3) is 0 Å². The van der Waals surface area contributed by atoms with Gasteiger partial charge in [0, 0.05) is 11.8 Å². The number of rotatable bonds is 5. The van der Waals surface area contributed by atoms with Crippen LogP contribution in [0.3, 0.4) is 0 Å². The third kappa shape index (κ3) is 2.14. The molecule has 1 aliphatic heterocycles. The topological polar surface area (TPSA) is 77.2 Å². The maximum atomic E-state index is 12.4. The van der Waals surface area contributed by atoms with Crippen molar-refractivity contribution in [3.05, 3.63) is 12.7 Å². The molecule has 4 nitrogen and oxygen atoms in total. The molecule has 0 aromatic carbocycles. The molecule has 0 spiro atoms. The van der Waals surface area contributed by atoms with Crippen molar-refractivity contribution in [1.82, 2.24) is 0 Å². The summed E-state index contributed by atoms with van der Waals surface area (Å²) in [4.78, 5) is 11.6. The normalized spacial score (nSPS) is 22.4. The van der Waals surface area contributed by atoms with E-state index in [2.05, 4.69) is 6.58 Å². The van der Waals surface area contributed by atoms with Crippen LogP contribution < -0.4 is 0 Å². The molecule has 1 heterocycles. The number of alkyl halides is 3. The van der Waals surface area contributed by atoms with E-state index >= 15 is 0 Å². The minimum atomic E-state index is -4.53. The number of carbonyl (C=O) groups is 1. The zero-order valence-electron chi connectivity index (χ0n) is 11.0.